The number of amides is 1. The first kappa shape index (κ1) is 23.2. The number of likely N-dealkylation sites (tertiary alicyclic amines) is 1. The highest BCUT2D eigenvalue weighted by Crippen LogP contribution is 2.40. The van der Waals surface area contributed by atoms with Crippen molar-refractivity contribution in [1.82, 2.24) is 14.5 Å². The molecule has 7 nitrogen and oxygen atoms in total. The Balaban J connectivity index is 1.69. The van der Waals surface area contributed by atoms with E-state index in [9.17, 15) is 19.1 Å². The lowest BCUT2D eigenvalue weighted by molar-refractivity contribution is -0.139. The minimum Gasteiger partial charge on any atom is -0.507 e. The molecule has 1 N–H and O–H groups in total. The molecule has 0 saturated carbocycles. The highest BCUT2D eigenvalue weighted by molar-refractivity contribution is 6.46. The molecule has 34 heavy (non-hydrogen) atoms. The Labute approximate surface area is 197 Å². The summed E-state index contributed by atoms with van der Waals surface area (Å²) in [5.74, 6) is -1.55. The standard InChI is InChI=1S/C26H26FN3O4/c1-2-16-34-21-10-6-18(7-11-21)23-22(24(31)19-4-8-20(27)9-5-19)25(32)26(33)30(23)14-3-13-29-15-12-28-17-29/h4-12,15,17,23,31H,2-3,13-14,16H2,1H3/b24-22+/t23-/m1/s1. The van der Waals surface area contributed by atoms with E-state index in [-0.39, 0.29) is 16.9 Å². The average molecular weight is 464 g/mol. The molecular formula is C26H26FN3O4. The van der Waals surface area contributed by atoms with Crippen LogP contribution >= 0.6 is 0 Å². The van der Waals surface area contributed by atoms with Gasteiger partial charge in [-0.25, -0.2) is 9.37 Å². The van der Waals surface area contributed by atoms with E-state index in [2.05, 4.69) is 4.98 Å². The summed E-state index contributed by atoms with van der Waals surface area (Å²) in [6.45, 7) is 3.52. The number of hydrogen-bond acceptors (Lipinski definition) is 5. The molecule has 2 aromatic carbocycles. The summed E-state index contributed by atoms with van der Waals surface area (Å²) in [5, 5.41) is 11.0. The van der Waals surface area contributed by atoms with Gasteiger partial charge >= 0.3 is 0 Å². The molecule has 8 heteroatoms. The normalized spacial score (nSPS) is 17.4. The van der Waals surface area contributed by atoms with Crippen LogP contribution in [-0.4, -0.2) is 44.4 Å². The van der Waals surface area contributed by atoms with Crippen LogP contribution < -0.4 is 4.74 Å². The number of nitrogens with zero attached hydrogens (tertiary/aromatic N) is 3. The number of ketones is 1. The first-order valence-corrected chi connectivity index (χ1v) is 11.2. The van der Waals surface area contributed by atoms with Gasteiger partial charge in [-0.15, -0.1) is 0 Å². The second kappa shape index (κ2) is 10.3. The van der Waals surface area contributed by atoms with Crippen molar-refractivity contribution in [3.8, 4) is 5.75 Å². The molecule has 1 atom stereocenters. The third-order valence-corrected chi connectivity index (χ3v) is 5.70. The second-order valence-corrected chi connectivity index (χ2v) is 8.07. The van der Waals surface area contributed by atoms with E-state index in [0.717, 1.165) is 6.42 Å². The maximum absolute atomic E-state index is 13.4. The second-order valence-electron chi connectivity index (χ2n) is 8.07. The molecule has 4 rings (SSSR count). The van der Waals surface area contributed by atoms with Crippen LogP contribution in [0.2, 0.25) is 0 Å². The van der Waals surface area contributed by atoms with Gasteiger partial charge in [0.25, 0.3) is 11.7 Å². The van der Waals surface area contributed by atoms with Gasteiger partial charge in [-0.05, 0) is 54.8 Å². The van der Waals surface area contributed by atoms with Gasteiger partial charge in [0.15, 0.2) is 0 Å². The summed E-state index contributed by atoms with van der Waals surface area (Å²) in [7, 11) is 0. The lowest BCUT2D eigenvalue weighted by Crippen LogP contribution is -2.31. The molecule has 1 amide bonds. The highest BCUT2D eigenvalue weighted by atomic mass is 19.1. The van der Waals surface area contributed by atoms with Crippen molar-refractivity contribution in [1.29, 1.82) is 0 Å². The Bertz CT molecular complexity index is 1170. The van der Waals surface area contributed by atoms with Crippen LogP contribution in [-0.2, 0) is 16.1 Å². The summed E-state index contributed by atoms with van der Waals surface area (Å²) in [6.07, 6.45) is 6.66. The SMILES string of the molecule is CCCOc1ccc([C@@H]2/C(=C(\O)c3ccc(F)cc3)C(=O)C(=O)N2CCCn2ccnc2)cc1. The molecule has 0 bridgehead atoms. The number of carbonyl (C=O) groups excluding carboxylic acids is 2. The molecule has 0 radical (unpaired) electrons. The lowest BCUT2D eigenvalue weighted by atomic mass is 9.95. The van der Waals surface area contributed by atoms with Crippen molar-refractivity contribution < 1.29 is 23.8 Å². The maximum atomic E-state index is 13.4. The van der Waals surface area contributed by atoms with Crippen molar-refractivity contribution >= 4 is 17.4 Å². The van der Waals surface area contributed by atoms with E-state index in [1.54, 1.807) is 36.8 Å². The van der Waals surface area contributed by atoms with Crippen LogP contribution in [0.3, 0.4) is 0 Å². The van der Waals surface area contributed by atoms with E-state index in [1.807, 2.05) is 17.7 Å². The number of ether oxygens (including phenoxy) is 1. The van der Waals surface area contributed by atoms with Crippen molar-refractivity contribution in [2.45, 2.75) is 32.4 Å². The average Bonchev–Trinajstić information content (AvgIpc) is 3.45. The van der Waals surface area contributed by atoms with E-state index in [1.165, 1.54) is 29.2 Å². The van der Waals surface area contributed by atoms with Crippen LogP contribution in [0.25, 0.3) is 5.76 Å². The maximum Gasteiger partial charge on any atom is 0.295 e. The molecule has 1 fully saturated rings. The van der Waals surface area contributed by atoms with Crippen LogP contribution in [0.4, 0.5) is 4.39 Å². The molecule has 0 unspecified atom stereocenters. The summed E-state index contributed by atoms with van der Waals surface area (Å²) in [6, 6.07) is 11.6. The van der Waals surface area contributed by atoms with E-state index >= 15 is 0 Å². The smallest absolute Gasteiger partial charge is 0.295 e. The Kier molecular flexibility index (Phi) is 7.06. The number of aromatic nitrogens is 2. The molecule has 3 aromatic rings. The number of benzene rings is 2. The van der Waals surface area contributed by atoms with Gasteiger partial charge in [0, 0.05) is 31.0 Å². The minimum atomic E-state index is -0.770. The number of aliphatic hydroxyl groups excluding tert-OH is 1. The fraction of sp³-hybridized carbons (Fsp3) is 0.269. The first-order chi connectivity index (χ1) is 16.5. The van der Waals surface area contributed by atoms with E-state index in [0.29, 0.717) is 37.4 Å². The molecule has 2 heterocycles. The van der Waals surface area contributed by atoms with E-state index in [4.69, 9.17) is 4.74 Å². The summed E-state index contributed by atoms with van der Waals surface area (Å²) >= 11 is 0. The predicted octanol–water partition coefficient (Wildman–Crippen LogP) is 4.32. The summed E-state index contributed by atoms with van der Waals surface area (Å²) in [4.78, 5) is 31.6. The van der Waals surface area contributed by atoms with E-state index < -0.39 is 23.5 Å². The lowest BCUT2D eigenvalue weighted by Gasteiger charge is -2.25. The van der Waals surface area contributed by atoms with Gasteiger partial charge in [-0.2, -0.15) is 0 Å². The fourth-order valence-corrected chi connectivity index (χ4v) is 4.03. The Hall–Kier alpha value is -3.94. The zero-order chi connectivity index (χ0) is 24.1. The number of aliphatic hydroxyl groups is 1. The number of rotatable bonds is 9. The molecule has 1 aromatic heterocycles. The van der Waals surface area contributed by atoms with Crippen molar-refractivity contribution in [2.75, 3.05) is 13.2 Å². The molecule has 1 saturated heterocycles. The minimum absolute atomic E-state index is 0.0125. The highest BCUT2D eigenvalue weighted by Gasteiger charge is 2.45. The van der Waals surface area contributed by atoms with Gasteiger partial charge < -0.3 is 19.3 Å². The molecule has 0 aliphatic carbocycles. The quantitative estimate of drug-likeness (QED) is 0.290. The van der Waals surface area contributed by atoms with Crippen LogP contribution in [0.5, 0.6) is 5.75 Å². The largest absolute Gasteiger partial charge is 0.507 e. The molecule has 1 aliphatic rings. The van der Waals surface area contributed by atoms with Crippen molar-refractivity contribution in [3.05, 3.63) is 89.8 Å². The third-order valence-electron chi connectivity index (χ3n) is 5.70. The number of aryl methyl sites for hydroxylation is 1. The van der Waals surface area contributed by atoms with Crippen molar-refractivity contribution in [3.63, 3.8) is 0 Å². The number of Topliss-reactive ketones (excluding diaryl/α,β-unsaturated/α-hetero) is 1. The third kappa shape index (κ3) is 4.85. The summed E-state index contributed by atoms with van der Waals surface area (Å²) < 4.78 is 20.9. The van der Waals surface area contributed by atoms with Crippen LogP contribution in [0.15, 0.2) is 72.8 Å². The Morgan fingerprint density at radius 3 is 2.47 bits per heavy atom. The van der Waals surface area contributed by atoms with Gasteiger partial charge in [0.2, 0.25) is 0 Å². The topological polar surface area (TPSA) is 84.7 Å². The van der Waals surface area contributed by atoms with Crippen molar-refractivity contribution in [2.24, 2.45) is 0 Å². The number of carbonyl (C=O) groups is 2. The first-order valence-electron chi connectivity index (χ1n) is 11.2. The zero-order valence-electron chi connectivity index (χ0n) is 18.9. The Morgan fingerprint density at radius 1 is 1.09 bits per heavy atom. The fourth-order valence-electron chi connectivity index (χ4n) is 4.03. The predicted molar refractivity (Wildman–Crippen MR) is 124 cm³/mol. The number of hydrogen-bond donors (Lipinski definition) is 1. The van der Waals surface area contributed by atoms with Gasteiger partial charge in [0.05, 0.1) is 24.5 Å². The molecule has 0 spiro atoms. The van der Waals surface area contributed by atoms with Crippen LogP contribution in [0, 0.1) is 5.82 Å². The summed E-state index contributed by atoms with van der Waals surface area (Å²) in [5.41, 5.74) is 0.932. The number of imidazole rings is 1. The Morgan fingerprint density at radius 2 is 1.82 bits per heavy atom. The monoisotopic (exact) mass is 463 g/mol. The van der Waals surface area contributed by atoms with Gasteiger partial charge in [-0.1, -0.05) is 19.1 Å². The molecule has 176 valence electrons. The van der Waals surface area contributed by atoms with Crippen LogP contribution in [0.1, 0.15) is 36.9 Å². The molecule has 1 aliphatic heterocycles. The molecular weight excluding hydrogens is 437 g/mol. The van der Waals surface area contributed by atoms with Gasteiger partial charge in [0.1, 0.15) is 17.3 Å². The zero-order valence-corrected chi connectivity index (χ0v) is 18.9. The van der Waals surface area contributed by atoms with Gasteiger partial charge in [-0.3, -0.25) is 9.59 Å². The number of halogens is 1.